The highest BCUT2D eigenvalue weighted by Gasteiger charge is 2.14. The van der Waals surface area contributed by atoms with Gasteiger partial charge in [0, 0.05) is 24.6 Å². The number of aromatic nitrogens is 1. The van der Waals surface area contributed by atoms with Crippen LogP contribution in [0.5, 0.6) is 0 Å². The third-order valence-electron chi connectivity index (χ3n) is 2.71. The number of benzene rings is 1. The van der Waals surface area contributed by atoms with Crippen molar-refractivity contribution in [1.29, 1.82) is 0 Å². The van der Waals surface area contributed by atoms with Gasteiger partial charge in [0.25, 0.3) is 5.69 Å². The van der Waals surface area contributed by atoms with Gasteiger partial charge in [-0.2, -0.15) is 0 Å². The third-order valence-corrected chi connectivity index (χ3v) is 3.95. The Labute approximate surface area is 131 Å². The molecule has 21 heavy (non-hydrogen) atoms. The van der Waals surface area contributed by atoms with E-state index in [4.69, 9.17) is 11.6 Å². The first-order valence-corrected chi connectivity index (χ1v) is 7.72. The summed E-state index contributed by atoms with van der Waals surface area (Å²) in [5.41, 5.74) is 1.52. The van der Waals surface area contributed by atoms with Gasteiger partial charge < -0.3 is 5.32 Å². The van der Waals surface area contributed by atoms with E-state index in [1.165, 1.54) is 11.8 Å². The van der Waals surface area contributed by atoms with Crippen molar-refractivity contribution in [1.82, 2.24) is 4.98 Å². The molecule has 0 unspecified atom stereocenters. The van der Waals surface area contributed by atoms with Crippen molar-refractivity contribution in [3.63, 3.8) is 0 Å². The zero-order valence-electron chi connectivity index (χ0n) is 11.4. The molecule has 0 aliphatic rings. The average molecular weight is 324 g/mol. The standard InChI is InChI=1S/C14H14ClN3O2S/c1-2-16-12-5-3-10(7-13(12)18(19)20)9-21-14-6-4-11(15)8-17-14/h3-8,16H,2,9H2,1H3. The van der Waals surface area contributed by atoms with Crippen molar-refractivity contribution in [3.8, 4) is 0 Å². The van der Waals surface area contributed by atoms with Gasteiger partial charge in [0.15, 0.2) is 0 Å². The zero-order chi connectivity index (χ0) is 15.2. The number of rotatable bonds is 6. The lowest BCUT2D eigenvalue weighted by Gasteiger charge is -2.07. The average Bonchev–Trinajstić information content (AvgIpc) is 2.48. The molecule has 0 saturated heterocycles. The molecule has 0 amide bonds. The minimum absolute atomic E-state index is 0.0963. The van der Waals surface area contributed by atoms with E-state index in [-0.39, 0.29) is 10.6 Å². The van der Waals surface area contributed by atoms with Crippen LogP contribution < -0.4 is 5.32 Å². The fourth-order valence-corrected chi connectivity index (χ4v) is 2.66. The molecule has 1 heterocycles. The monoisotopic (exact) mass is 323 g/mol. The minimum atomic E-state index is -0.368. The molecule has 0 radical (unpaired) electrons. The molecule has 5 nitrogen and oxygen atoms in total. The van der Waals surface area contributed by atoms with Gasteiger partial charge in [-0.3, -0.25) is 10.1 Å². The Morgan fingerprint density at radius 1 is 1.38 bits per heavy atom. The maximum Gasteiger partial charge on any atom is 0.292 e. The number of nitro groups is 1. The summed E-state index contributed by atoms with van der Waals surface area (Å²) >= 11 is 7.29. The van der Waals surface area contributed by atoms with Crippen LogP contribution in [0.25, 0.3) is 0 Å². The number of pyridine rings is 1. The highest BCUT2D eigenvalue weighted by molar-refractivity contribution is 7.98. The van der Waals surface area contributed by atoms with E-state index in [1.807, 2.05) is 19.1 Å². The van der Waals surface area contributed by atoms with Crippen molar-refractivity contribution in [2.24, 2.45) is 0 Å². The van der Waals surface area contributed by atoms with Gasteiger partial charge in [0.2, 0.25) is 0 Å². The van der Waals surface area contributed by atoms with Gasteiger partial charge in [-0.25, -0.2) is 4.98 Å². The highest BCUT2D eigenvalue weighted by atomic mass is 35.5. The molecule has 1 aromatic heterocycles. The van der Waals surface area contributed by atoms with Crippen molar-refractivity contribution in [2.75, 3.05) is 11.9 Å². The highest BCUT2D eigenvalue weighted by Crippen LogP contribution is 2.29. The molecule has 2 rings (SSSR count). The van der Waals surface area contributed by atoms with Crippen LogP contribution in [-0.2, 0) is 5.75 Å². The molecule has 0 fully saturated rings. The molecular weight excluding hydrogens is 310 g/mol. The van der Waals surface area contributed by atoms with Crippen LogP contribution in [-0.4, -0.2) is 16.5 Å². The Kier molecular flexibility index (Phi) is 5.41. The normalized spacial score (nSPS) is 10.4. The summed E-state index contributed by atoms with van der Waals surface area (Å²) in [4.78, 5) is 14.9. The fraction of sp³-hybridized carbons (Fsp3) is 0.214. The van der Waals surface area contributed by atoms with Crippen LogP contribution in [0.3, 0.4) is 0 Å². The molecule has 1 N–H and O–H groups in total. The molecule has 7 heteroatoms. The van der Waals surface area contributed by atoms with E-state index in [0.717, 1.165) is 10.6 Å². The van der Waals surface area contributed by atoms with Gasteiger partial charge in [-0.15, -0.1) is 11.8 Å². The van der Waals surface area contributed by atoms with E-state index >= 15 is 0 Å². The van der Waals surface area contributed by atoms with Gasteiger partial charge in [-0.05, 0) is 30.7 Å². The van der Waals surface area contributed by atoms with E-state index in [9.17, 15) is 10.1 Å². The summed E-state index contributed by atoms with van der Waals surface area (Å²) in [6.45, 7) is 2.54. The minimum Gasteiger partial charge on any atom is -0.380 e. The Morgan fingerprint density at radius 2 is 2.19 bits per heavy atom. The second-order valence-corrected chi connectivity index (χ2v) is 5.67. The van der Waals surface area contributed by atoms with Crippen LogP contribution >= 0.6 is 23.4 Å². The number of hydrogen-bond donors (Lipinski definition) is 1. The summed E-state index contributed by atoms with van der Waals surface area (Å²) in [5, 5.41) is 15.5. The van der Waals surface area contributed by atoms with E-state index in [2.05, 4.69) is 10.3 Å². The van der Waals surface area contributed by atoms with Crippen LogP contribution in [0, 0.1) is 10.1 Å². The van der Waals surface area contributed by atoms with E-state index in [1.54, 1.807) is 24.4 Å². The Balaban J connectivity index is 2.11. The summed E-state index contributed by atoms with van der Waals surface area (Å²) in [5.74, 6) is 0.613. The summed E-state index contributed by atoms with van der Waals surface area (Å²) in [7, 11) is 0. The fourth-order valence-electron chi connectivity index (χ4n) is 1.76. The molecule has 0 bridgehead atoms. The van der Waals surface area contributed by atoms with Crippen LogP contribution in [0.4, 0.5) is 11.4 Å². The lowest BCUT2D eigenvalue weighted by atomic mass is 10.2. The van der Waals surface area contributed by atoms with Gasteiger partial charge in [-0.1, -0.05) is 17.7 Å². The van der Waals surface area contributed by atoms with E-state index < -0.39 is 0 Å². The Bertz CT molecular complexity index is 635. The smallest absolute Gasteiger partial charge is 0.292 e. The SMILES string of the molecule is CCNc1ccc(CSc2ccc(Cl)cn2)cc1[N+](=O)[O-]. The first-order chi connectivity index (χ1) is 10.1. The second kappa shape index (κ2) is 7.28. The maximum atomic E-state index is 11.1. The Morgan fingerprint density at radius 3 is 2.81 bits per heavy atom. The summed E-state index contributed by atoms with van der Waals surface area (Å²) in [6.07, 6.45) is 1.58. The maximum absolute atomic E-state index is 11.1. The van der Waals surface area contributed by atoms with Crippen molar-refractivity contribution < 1.29 is 4.92 Å². The zero-order valence-corrected chi connectivity index (χ0v) is 12.9. The largest absolute Gasteiger partial charge is 0.380 e. The van der Waals surface area contributed by atoms with Crippen LogP contribution in [0.2, 0.25) is 5.02 Å². The summed E-state index contributed by atoms with van der Waals surface area (Å²) in [6, 6.07) is 8.82. The number of halogens is 1. The molecule has 0 saturated carbocycles. The molecular formula is C14H14ClN3O2S. The van der Waals surface area contributed by atoms with Gasteiger partial charge in [0.05, 0.1) is 15.0 Å². The number of hydrogen-bond acceptors (Lipinski definition) is 5. The molecule has 1 aromatic carbocycles. The van der Waals surface area contributed by atoms with Crippen LogP contribution in [0.15, 0.2) is 41.6 Å². The lowest BCUT2D eigenvalue weighted by Crippen LogP contribution is -2.01. The molecule has 2 aromatic rings. The molecule has 0 atom stereocenters. The molecule has 0 aliphatic carbocycles. The number of nitrogens with one attached hydrogen (secondary N) is 1. The van der Waals surface area contributed by atoms with Gasteiger partial charge in [0.1, 0.15) is 5.69 Å². The second-order valence-electron chi connectivity index (χ2n) is 4.24. The molecule has 110 valence electrons. The van der Waals surface area contributed by atoms with Gasteiger partial charge >= 0.3 is 0 Å². The van der Waals surface area contributed by atoms with Crippen molar-refractivity contribution in [2.45, 2.75) is 17.7 Å². The Hall–Kier alpha value is -1.79. The van der Waals surface area contributed by atoms with Crippen molar-refractivity contribution >= 4 is 34.7 Å². The van der Waals surface area contributed by atoms with Crippen molar-refractivity contribution in [3.05, 3.63) is 57.2 Å². The molecule has 0 spiro atoms. The van der Waals surface area contributed by atoms with Crippen LogP contribution in [0.1, 0.15) is 12.5 Å². The first kappa shape index (κ1) is 15.6. The third kappa shape index (κ3) is 4.34. The quantitative estimate of drug-likeness (QED) is 0.486. The summed E-state index contributed by atoms with van der Waals surface area (Å²) < 4.78 is 0. The number of anilines is 1. The van der Waals surface area contributed by atoms with E-state index in [0.29, 0.717) is 23.0 Å². The molecule has 0 aliphatic heterocycles. The lowest BCUT2D eigenvalue weighted by molar-refractivity contribution is -0.384. The number of thioether (sulfide) groups is 1. The predicted molar refractivity (Wildman–Crippen MR) is 86.1 cm³/mol. The topological polar surface area (TPSA) is 68.1 Å². The number of nitrogens with zero attached hydrogens (tertiary/aromatic N) is 2. The first-order valence-electron chi connectivity index (χ1n) is 6.35. The number of nitro benzene ring substituents is 1. The predicted octanol–water partition coefficient (Wildman–Crippen LogP) is 4.37.